The summed E-state index contributed by atoms with van der Waals surface area (Å²) in [5.74, 6) is -4.53. The summed E-state index contributed by atoms with van der Waals surface area (Å²) in [5.41, 5.74) is 0.452. The number of halogens is 3. The quantitative estimate of drug-likeness (QED) is 0.890. The molecule has 8 heteroatoms. The van der Waals surface area contributed by atoms with Crippen molar-refractivity contribution in [2.75, 3.05) is 11.3 Å². The monoisotopic (exact) mass is 295 g/mol. The first-order valence-electron chi connectivity index (χ1n) is 5.58. The second-order valence-corrected chi connectivity index (χ2v) is 5.96. The van der Waals surface area contributed by atoms with E-state index in [4.69, 9.17) is 0 Å². The smallest absolute Gasteiger partial charge is 0.355 e. The highest BCUT2D eigenvalue weighted by molar-refractivity contribution is 7.93. The molecule has 0 saturated heterocycles. The molecule has 19 heavy (non-hydrogen) atoms. The molecule has 2 rings (SSSR count). The zero-order valence-electron chi connectivity index (χ0n) is 9.74. The molecule has 0 spiro atoms. The maximum atomic E-state index is 13.6. The Morgan fingerprint density at radius 2 is 2.11 bits per heavy atom. The van der Waals surface area contributed by atoms with Crippen molar-refractivity contribution in [3.05, 3.63) is 29.1 Å². The predicted molar refractivity (Wildman–Crippen MR) is 63.1 cm³/mol. The Bertz CT molecular complexity index is 589. The first-order chi connectivity index (χ1) is 8.86. The van der Waals surface area contributed by atoms with Crippen LogP contribution in [0, 0.1) is 5.82 Å². The third-order valence-corrected chi connectivity index (χ3v) is 4.13. The molecule has 1 aliphatic carbocycles. The van der Waals surface area contributed by atoms with Crippen molar-refractivity contribution in [3.8, 4) is 0 Å². The van der Waals surface area contributed by atoms with E-state index in [-0.39, 0.29) is 23.4 Å². The number of aliphatic hydroxyl groups is 1. The minimum absolute atomic E-state index is 0.0896. The maximum absolute atomic E-state index is 13.6. The van der Waals surface area contributed by atoms with Gasteiger partial charge in [-0.2, -0.15) is 8.78 Å². The molecule has 0 heterocycles. The van der Waals surface area contributed by atoms with Gasteiger partial charge in [0.25, 0.3) is 10.0 Å². The number of fused-ring (bicyclic) bond motifs is 1. The zero-order chi connectivity index (χ0) is 14.2. The maximum Gasteiger partial charge on any atom is 0.355 e. The van der Waals surface area contributed by atoms with Gasteiger partial charge in [-0.25, -0.2) is 12.8 Å². The van der Waals surface area contributed by atoms with Crippen LogP contribution in [-0.2, 0) is 16.4 Å². The molecule has 0 radical (unpaired) electrons. The van der Waals surface area contributed by atoms with Crippen molar-refractivity contribution in [3.63, 3.8) is 0 Å². The van der Waals surface area contributed by atoms with Crippen LogP contribution in [0.25, 0.3) is 0 Å². The summed E-state index contributed by atoms with van der Waals surface area (Å²) >= 11 is 0. The minimum Gasteiger partial charge on any atom is -0.396 e. The van der Waals surface area contributed by atoms with Gasteiger partial charge in [0.2, 0.25) is 0 Å². The SMILES string of the molecule is O=S(=O)(Nc1ccc(F)c2c1C(CO)CC2)C(F)F. The number of nitrogens with one attached hydrogen (secondary N) is 1. The summed E-state index contributed by atoms with van der Waals surface area (Å²) in [5, 5.41) is 9.19. The third kappa shape index (κ3) is 2.55. The highest BCUT2D eigenvalue weighted by Gasteiger charge is 2.31. The van der Waals surface area contributed by atoms with E-state index in [1.807, 2.05) is 0 Å². The average Bonchev–Trinajstić information content (AvgIpc) is 2.77. The Labute approximate surface area is 108 Å². The van der Waals surface area contributed by atoms with Crippen LogP contribution in [0.3, 0.4) is 0 Å². The van der Waals surface area contributed by atoms with Crippen LogP contribution in [0.1, 0.15) is 23.5 Å². The van der Waals surface area contributed by atoms with Gasteiger partial charge in [-0.1, -0.05) is 0 Å². The Morgan fingerprint density at radius 1 is 1.42 bits per heavy atom. The summed E-state index contributed by atoms with van der Waals surface area (Å²) in [4.78, 5) is 0. The van der Waals surface area contributed by atoms with E-state index in [0.29, 0.717) is 12.8 Å². The van der Waals surface area contributed by atoms with Crippen LogP contribution in [0.4, 0.5) is 18.9 Å². The Balaban J connectivity index is 2.46. The Morgan fingerprint density at radius 3 is 2.68 bits per heavy atom. The number of alkyl halides is 2. The van der Waals surface area contributed by atoms with Crippen LogP contribution in [0.2, 0.25) is 0 Å². The second-order valence-electron chi connectivity index (χ2n) is 4.31. The number of aliphatic hydroxyl groups excluding tert-OH is 1. The van der Waals surface area contributed by atoms with Crippen LogP contribution in [-0.4, -0.2) is 25.9 Å². The van der Waals surface area contributed by atoms with Gasteiger partial charge in [0.05, 0.1) is 12.3 Å². The largest absolute Gasteiger partial charge is 0.396 e. The molecular formula is C11H12F3NO3S. The van der Waals surface area contributed by atoms with Gasteiger partial charge in [0, 0.05) is 5.92 Å². The predicted octanol–water partition coefficient (Wildman–Crippen LogP) is 1.81. The highest BCUT2D eigenvalue weighted by atomic mass is 32.2. The lowest BCUT2D eigenvalue weighted by Gasteiger charge is -2.15. The molecule has 0 fully saturated rings. The third-order valence-electron chi connectivity index (χ3n) is 3.16. The van der Waals surface area contributed by atoms with E-state index in [2.05, 4.69) is 0 Å². The lowest BCUT2D eigenvalue weighted by Crippen LogP contribution is -2.22. The summed E-state index contributed by atoms with van der Waals surface area (Å²) in [6, 6.07) is 2.13. The Hall–Kier alpha value is -1.28. The second kappa shape index (κ2) is 5.01. The number of benzene rings is 1. The summed E-state index contributed by atoms with van der Waals surface area (Å²) in [6.07, 6.45) is 0.798. The van der Waals surface area contributed by atoms with E-state index in [1.165, 1.54) is 0 Å². The lowest BCUT2D eigenvalue weighted by molar-refractivity contribution is 0.236. The fourth-order valence-electron chi connectivity index (χ4n) is 2.29. The lowest BCUT2D eigenvalue weighted by atomic mass is 10.0. The molecule has 0 bridgehead atoms. The Kier molecular flexibility index (Phi) is 3.73. The van der Waals surface area contributed by atoms with Gasteiger partial charge < -0.3 is 5.11 Å². The van der Waals surface area contributed by atoms with Gasteiger partial charge in [0.1, 0.15) is 5.82 Å². The van der Waals surface area contributed by atoms with Crippen molar-refractivity contribution in [1.82, 2.24) is 0 Å². The molecule has 1 unspecified atom stereocenters. The summed E-state index contributed by atoms with van der Waals surface area (Å²) < 4.78 is 62.3. The van der Waals surface area contributed by atoms with Crippen LogP contribution in [0.5, 0.6) is 0 Å². The van der Waals surface area contributed by atoms with E-state index < -0.39 is 27.5 Å². The molecule has 2 N–H and O–H groups in total. The summed E-state index contributed by atoms with van der Waals surface area (Å²) in [6.45, 7) is -0.292. The molecule has 106 valence electrons. The number of anilines is 1. The van der Waals surface area contributed by atoms with E-state index in [0.717, 1.165) is 12.1 Å². The van der Waals surface area contributed by atoms with Gasteiger partial charge in [-0.3, -0.25) is 4.72 Å². The van der Waals surface area contributed by atoms with Gasteiger partial charge in [-0.05, 0) is 36.1 Å². The van der Waals surface area contributed by atoms with Crippen molar-refractivity contribution >= 4 is 15.7 Å². The van der Waals surface area contributed by atoms with Crippen LogP contribution < -0.4 is 4.72 Å². The molecule has 0 aliphatic heterocycles. The molecule has 1 aromatic carbocycles. The number of rotatable bonds is 4. The molecular weight excluding hydrogens is 283 g/mol. The first kappa shape index (κ1) is 14.1. The molecule has 1 atom stereocenters. The molecule has 1 aliphatic rings. The number of hydrogen-bond donors (Lipinski definition) is 2. The van der Waals surface area contributed by atoms with Crippen molar-refractivity contribution in [2.24, 2.45) is 0 Å². The zero-order valence-corrected chi connectivity index (χ0v) is 10.6. The fraction of sp³-hybridized carbons (Fsp3) is 0.455. The minimum atomic E-state index is -4.80. The first-order valence-corrected chi connectivity index (χ1v) is 7.13. The average molecular weight is 295 g/mol. The highest BCUT2D eigenvalue weighted by Crippen LogP contribution is 2.39. The topological polar surface area (TPSA) is 66.4 Å². The molecule has 4 nitrogen and oxygen atoms in total. The van der Waals surface area contributed by atoms with Crippen LogP contribution in [0.15, 0.2) is 12.1 Å². The molecule has 0 aromatic heterocycles. The van der Waals surface area contributed by atoms with Crippen molar-refractivity contribution in [1.29, 1.82) is 0 Å². The van der Waals surface area contributed by atoms with Crippen molar-refractivity contribution < 1.29 is 26.7 Å². The normalized spacial score (nSPS) is 18.7. The molecule has 0 saturated carbocycles. The van der Waals surface area contributed by atoms with E-state index >= 15 is 0 Å². The standard InChI is InChI=1S/C11H12F3NO3S/c12-8-3-4-9(15-19(17,18)11(13)14)10-6(5-16)1-2-7(8)10/h3-4,6,11,15-16H,1-2,5H2. The van der Waals surface area contributed by atoms with E-state index in [1.54, 1.807) is 4.72 Å². The van der Waals surface area contributed by atoms with Gasteiger partial charge >= 0.3 is 5.76 Å². The number of sulfonamides is 1. The van der Waals surface area contributed by atoms with Crippen molar-refractivity contribution in [2.45, 2.75) is 24.5 Å². The molecule has 0 amide bonds. The molecule has 1 aromatic rings. The fourth-order valence-corrected chi connectivity index (χ4v) is 2.86. The van der Waals surface area contributed by atoms with E-state index in [9.17, 15) is 26.7 Å². The van der Waals surface area contributed by atoms with Gasteiger partial charge in [-0.15, -0.1) is 0 Å². The van der Waals surface area contributed by atoms with Gasteiger partial charge in [0.15, 0.2) is 0 Å². The van der Waals surface area contributed by atoms with Crippen LogP contribution >= 0.6 is 0 Å². The summed E-state index contributed by atoms with van der Waals surface area (Å²) in [7, 11) is -4.80. The number of hydrogen-bond acceptors (Lipinski definition) is 3.